The van der Waals surface area contributed by atoms with E-state index in [0.29, 0.717) is 12.2 Å². The van der Waals surface area contributed by atoms with Crippen LogP contribution in [0.5, 0.6) is 0 Å². The van der Waals surface area contributed by atoms with E-state index in [1.807, 2.05) is 20.8 Å². The van der Waals surface area contributed by atoms with Crippen LogP contribution in [0.2, 0.25) is 0 Å². The summed E-state index contributed by atoms with van der Waals surface area (Å²) in [5.41, 5.74) is 0.946. The molecule has 17 heavy (non-hydrogen) atoms. The van der Waals surface area contributed by atoms with Crippen molar-refractivity contribution in [3.63, 3.8) is 0 Å². The first-order chi connectivity index (χ1) is 7.90. The lowest BCUT2D eigenvalue weighted by molar-refractivity contribution is 0.0523. The summed E-state index contributed by atoms with van der Waals surface area (Å²) in [5.74, 6) is 0. The molecule has 0 aliphatic rings. The lowest BCUT2D eigenvalue weighted by atomic mass is 10.2. The minimum Gasteiger partial charge on any atom is -0.444 e. The summed E-state index contributed by atoms with van der Waals surface area (Å²) in [6.07, 6.45) is 1.14. The molecule has 0 bridgehead atoms. The first kappa shape index (κ1) is 13.4. The van der Waals surface area contributed by atoms with E-state index in [2.05, 4.69) is 10.3 Å². The third-order valence-electron chi connectivity index (χ3n) is 1.88. The average molecular weight is 238 g/mol. The second kappa shape index (κ2) is 5.63. The molecule has 94 valence electrons. The Balaban J connectivity index is 2.47. The summed E-state index contributed by atoms with van der Waals surface area (Å²) in [4.78, 5) is 15.3. The zero-order valence-corrected chi connectivity index (χ0v) is 10.4. The van der Waals surface area contributed by atoms with Gasteiger partial charge in [0.25, 0.3) is 0 Å². The zero-order valence-electron chi connectivity index (χ0n) is 10.4. The van der Waals surface area contributed by atoms with Gasteiger partial charge in [0.15, 0.2) is 0 Å². The third-order valence-corrected chi connectivity index (χ3v) is 1.88. The maximum absolute atomic E-state index is 11.4. The molecular weight excluding hydrogens is 220 g/mol. The maximum atomic E-state index is 11.4. The highest BCUT2D eigenvalue weighted by atomic mass is 16.6. The number of amides is 1. The van der Waals surface area contributed by atoms with Gasteiger partial charge in [0, 0.05) is 12.7 Å². The van der Waals surface area contributed by atoms with E-state index in [1.165, 1.54) is 0 Å². The molecule has 0 aromatic carbocycles. The van der Waals surface area contributed by atoms with Crippen LogP contribution in [-0.4, -0.2) is 21.8 Å². The predicted octanol–water partition coefficient (Wildman–Crippen LogP) is 1.60. The maximum Gasteiger partial charge on any atom is 0.407 e. The van der Waals surface area contributed by atoms with Crippen LogP contribution in [-0.2, 0) is 17.9 Å². The quantitative estimate of drug-likeness (QED) is 0.839. The van der Waals surface area contributed by atoms with Gasteiger partial charge in [0.05, 0.1) is 12.3 Å². The molecule has 1 aromatic rings. The van der Waals surface area contributed by atoms with E-state index in [0.717, 1.165) is 5.56 Å². The number of ether oxygens (including phenoxy) is 1. The molecule has 0 saturated carbocycles. The van der Waals surface area contributed by atoms with Crippen molar-refractivity contribution in [2.45, 2.75) is 39.5 Å². The number of nitrogens with one attached hydrogen (secondary N) is 1. The van der Waals surface area contributed by atoms with E-state index in [9.17, 15) is 4.79 Å². The van der Waals surface area contributed by atoms with Crippen LogP contribution in [0, 0.1) is 0 Å². The highest BCUT2D eigenvalue weighted by Crippen LogP contribution is 2.07. The van der Waals surface area contributed by atoms with Gasteiger partial charge in [-0.1, -0.05) is 0 Å². The number of hydrogen-bond acceptors (Lipinski definition) is 4. The molecule has 0 aliphatic carbocycles. The Morgan fingerprint density at radius 3 is 2.82 bits per heavy atom. The van der Waals surface area contributed by atoms with Crippen molar-refractivity contribution in [2.24, 2.45) is 0 Å². The average Bonchev–Trinajstić information content (AvgIpc) is 2.24. The molecule has 0 fully saturated rings. The smallest absolute Gasteiger partial charge is 0.407 e. The Labute approximate surface area is 101 Å². The molecule has 0 radical (unpaired) electrons. The highest BCUT2D eigenvalue weighted by molar-refractivity contribution is 5.67. The standard InChI is InChI=1S/C12H18N2O3/c1-12(2,3)17-11(16)14-7-9-4-5-13-10(6-9)8-15/h4-6,15H,7-8H2,1-3H3,(H,14,16). The molecule has 0 aliphatic heterocycles. The second-order valence-corrected chi connectivity index (χ2v) is 4.67. The Kier molecular flexibility index (Phi) is 4.45. The molecule has 5 heteroatoms. The van der Waals surface area contributed by atoms with Gasteiger partial charge in [-0.05, 0) is 38.5 Å². The van der Waals surface area contributed by atoms with Crippen molar-refractivity contribution in [1.29, 1.82) is 0 Å². The lowest BCUT2D eigenvalue weighted by Crippen LogP contribution is -2.32. The molecule has 1 heterocycles. The van der Waals surface area contributed by atoms with Gasteiger partial charge in [-0.3, -0.25) is 4.98 Å². The van der Waals surface area contributed by atoms with Crippen LogP contribution < -0.4 is 5.32 Å². The lowest BCUT2D eigenvalue weighted by Gasteiger charge is -2.19. The van der Waals surface area contributed by atoms with Gasteiger partial charge >= 0.3 is 6.09 Å². The van der Waals surface area contributed by atoms with Gasteiger partial charge in [-0.25, -0.2) is 4.79 Å². The SMILES string of the molecule is CC(C)(C)OC(=O)NCc1ccnc(CO)c1. The van der Waals surface area contributed by atoms with E-state index in [1.54, 1.807) is 18.3 Å². The van der Waals surface area contributed by atoms with Crippen LogP contribution in [0.3, 0.4) is 0 Å². The van der Waals surface area contributed by atoms with Crippen LogP contribution in [0.15, 0.2) is 18.3 Å². The molecule has 0 unspecified atom stereocenters. The van der Waals surface area contributed by atoms with E-state index in [-0.39, 0.29) is 6.61 Å². The first-order valence-electron chi connectivity index (χ1n) is 5.42. The van der Waals surface area contributed by atoms with Crippen LogP contribution in [0.1, 0.15) is 32.0 Å². The molecular formula is C12H18N2O3. The van der Waals surface area contributed by atoms with Crippen molar-refractivity contribution >= 4 is 6.09 Å². The molecule has 2 N–H and O–H groups in total. The van der Waals surface area contributed by atoms with E-state index >= 15 is 0 Å². The molecule has 0 spiro atoms. The number of alkyl carbamates (subject to hydrolysis) is 1. The summed E-state index contributed by atoms with van der Waals surface area (Å²) >= 11 is 0. The predicted molar refractivity (Wildman–Crippen MR) is 63.2 cm³/mol. The molecule has 1 aromatic heterocycles. The Hall–Kier alpha value is -1.62. The van der Waals surface area contributed by atoms with Crippen molar-refractivity contribution in [1.82, 2.24) is 10.3 Å². The number of carbonyl (C=O) groups excluding carboxylic acids is 1. The van der Waals surface area contributed by atoms with Crippen LogP contribution >= 0.6 is 0 Å². The number of hydrogen-bond donors (Lipinski definition) is 2. The van der Waals surface area contributed by atoms with E-state index in [4.69, 9.17) is 9.84 Å². The molecule has 5 nitrogen and oxygen atoms in total. The normalized spacial score (nSPS) is 11.1. The fourth-order valence-corrected chi connectivity index (χ4v) is 1.21. The summed E-state index contributed by atoms with van der Waals surface area (Å²) in [5, 5.41) is 11.6. The van der Waals surface area contributed by atoms with Crippen molar-refractivity contribution < 1.29 is 14.6 Å². The number of aliphatic hydroxyl groups is 1. The van der Waals surface area contributed by atoms with Gasteiger partial charge in [0.1, 0.15) is 5.60 Å². The monoisotopic (exact) mass is 238 g/mol. The fraction of sp³-hybridized carbons (Fsp3) is 0.500. The summed E-state index contributed by atoms with van der Waals surface area (Å²) in [7, 11) is 0. The van der Waals surface area contributed by atoms with Gasteiger partial charge in [-0.15, -0.1) is 0 Å². The summed E-state index contributed by atoms with van der Waals surface area (Å²) in [6.45, 7) is 5.67. The summed E-state index contributed by atoms with van der Waals surface area (Å²) in [6, 6.07) is 3.51. The Morgan fingerprint density at radius 2 is 2.24 bits per heavy atom. The fourth-order valence-electron chi connectivity index (χ4n) is 1.21. The number of carbonyl (C=O) groups is 1. The van der Waals surface area contributed by atoms with Crippen molar-refractivity contribution in [3.8, 4) is 0 Å². The number of nitrogens with zero attached hydrogens (tertiary/aromatic N) is 1. The Morgan fingerprint density at radius 1 is 1.53 bits per heavy atom. The van der Waals surface area contributed by atoms with Crippen molar-refractivity contribution in [3.05, 3.63) is 29.6 Å². The molecule has 1 amide bonds. The summed E-state index contributed by atoms with van der Waals surface area (Å²) < 4.78 is 5.10. The number of rotatable bonds is 3. The first-order valence-corrected chi connectivity index (χ1v) is 5.42. The molecule has 1 rings (SSSR count). The second-order valence-electron chi connectivity index (χ2n) is 4.67. The topological polar surface area (TPSA) is 71.5 Å². The van der Waals surface area contributed by atoms with Gasteiger partial charge < -0.3 is 15.2 Å². The third kappa shape index (κ3) is 5.31. The van der Waals surface area contributed by atoms with Crippen LogP contribution in [0.25, 0.3) is 0 Å². The number of aliphatic hydroxyl groups excluding tert-OH is 1. The zero-order chi connectivity index (χ0) is 12.9. The minimum atomic E-state index is -0.501. The van der Waals surface area contributed by atoms with Gasteiger partial charge in [0.2, 0.25) is 0 Å². The molecule has 0 atom stereocenters. The number of aromatic nitrogens is 1. The Bertz CT molecular complexity index is 386. The largest absolute Gasteiger partial charge is 0.444 e. The number of pyridine rings is 1. The van der Waals surface area contributed by atoms with Crippen molar-refractivity contribution in [2.75, 3.05) is 0 Å². The van der Waals surface area contributed by atoms with Crippen LogP contribution in [0.4, 0.5) is 4.79 Å². The minimum absolute atomic E-state index is 0.111. The van der Waals surface area contributed by atoms with E-state index < -0.39 is 11.7 Å². The molecule has 0 saturated heterocycles. The van der Waals surface area contributed by atoms with Gasteiger partial charge in [-0.2, -0.15) is 0 Å². The highest BCUT2D eigenvalue weighted by Gasteiger charge is 2.15.